The number of carbonyl (C=O) groups is 2. The zero-order valence-electron chi connectivity index (χ0n) is 20.8. The van der Waals surface area contributed by atoms with Gasteiger partial charge in [0.15, 0.2) is 0 Å². The molecule has 3 aromatic rings. The number of aliphatic hydroxyl groups excluding tert-OH is 1. The molecule has 1 saturated carbocycles. The highest BCUT2D eigenvalue weighted by Crippen LogP contribution is 2.36. The molecule has 1 fully saturated rings. The third-order valence-electron chi connectivity index (χ3n) is 6.86. The summed E-state index contributed by atoms with van der Waals surface area (Å²) in [5, 5.41) is 24.2. The molecule has 2 heterocycles. The average Bonchev–Trinajstić information content (AvgIpc) is 3.33. The molecule has 1 aliphatic carbocycles. The maximum Gasteiger partial charge on any atom is 0.306 e. The second kappa shape index (κ2) is 12.5. The summed E-state index contributed by atoms with van der Waals surface area (Å²) >= 11 is 12.3. The second-order valence-electron chi connectivity index (χ2n) is 9.53. The number of pyridine rings is 1. The lowest BCUT2D eigenvalue weighted by Gasteiger charge is -2.28. The van der Waals surface area contributed by atoms with Crippen LogP contribution in [0.5, 0.6) is 0 Å². The number of hydrogen-bond acceptors (Lipinski definition) is 5. The summed E-state index contributed by atoms with van der Waals surface area (Å²) in [4.78, 5) is 29.7. The lowest BCUT2D eigenvalue weighted by molar-refractivity contribution is -0.143. The van der Waals surface area contributed by atoms with Gasteiger partial charge in [0.2, 0.25) is 0 Å². The summed E-state index contributed by atoms with van der Waals surface area (Å²) < 4.78 is 57.6. The molecule has 2 aromatic heterocycles. The van der Waals surface area contributed by atoms with Crippen LogP contribution in [0.4, 0.5) is 17.6 Å². The maximum atomic E-state index is 14.4. The van der Waals surface area contributed by atoms with Crippen molar-refractivity contribution in [1.29, 1.82) is 0 Å². The molecule has 2 N–H and O–H groups in total. The Kier molecular flexibility index (Phi) is 9.32. The number of aliphatic carboxylic acids is 1. The van der Waals surface area contributed by atoms with E-state index >= 15 is 0 Å². The van der Waals surface area contributed by atoms with Gasteiger partial charge in [-0.05, 0) is 43.4 Å². The van der Waals surface area contributed by atoms with Crippen molar-refractivity contribution < 1.29 is 37.4 Å². The molecule has 1 aromatic carbocycles. The van der Waals surface area contributed by atoms with Gasteiger partial charge in [-0.1, -0.05) is 23.2 Å². The minimum Gasteiger partial charge on any atom is -0.481 e. The van der Waals surface area contributed by atoms with E-state index in [0.717, 1.165) is 27.9 Å². The average molecular weight is 603 g/mol. The molecule has 40 heavy (non-hydrogen) atoms. The fraction of sp³-hybridized carbons (Fsp3) is 0.385. The molecule has 0 saturated heterocycles. The minimum absolute atomic E-state index is 0.00274. The number of amides is 1. The Bertz CT molecular complexity index is 1360. The highest BCUT2D eigenvalue weighted by molar-refractivity contribution is 6.35. The summed E-state index contributed by atoms with van der Waals surface area (Å²) in [6, 6.07) is 2.03. The first-order valence-corrected chi connectivity index (χ1v) is 13.0. The fourth-order valence-electron chi connectivity index (χ4n) is 4.96. The normalized spacial score (nSPS) is 18.1. The van der Waals surface area contributed by atoms with Crippen LogP contribution in [0.25, 0.3) is 0 Å². The van der Waals surface area contributed by atoms with Crippen LogP contribution in [0.1, 0.15) is 71.4 Å². The van der Waals surface area contributed by atoms with E-state index in [1.165, 1.54) is 12.4 Å². The molecule has 214 valence electrons. The molecule has 0 radical (unpaired) electrons. The van der Waals surface area contributed by atoms with Crippen molar-refractivity contribution in [3.05, 3.63) is 80.9 Å². The minimum atomic E-state index is -3.12. The highest BCUT2D eigenvalue weighted by atomic mass is 35.5. The van der Waals surface area contributed by atoms with Crippen LogP contribution in [0.2, 0.25) is 10.0 Å². The molecule has 1 atom stereocenters. The monoisotopic (exact) mass is 602 g/mol. The molecule has 4 rings (SSSR count). The van der Waals surface area contributed by atoms with Gasteiger partial charge >= 0.3 is 5.97 Å². The van der Waals surface area contributed by atoms with Crippen LogP contribution in [0, 0.1) is 17.6 Å². The number of carboxylic acid groups (broad SMARTS) is 1. The summed E-state index contributed by atoms with van der Waals surface area (Å²) in [5.74, 6) is -4.35. The van der Waals surface area contributed by atoms with Gasteiger partial charge in [0.25, 0.3) is 12.3 Å². The summed E-state index contributed by atoms with van der Waals surface area (Å²) in [5.41, 5.74) is -1.11. The lowest BCUT2D eigenvalue weighted by atomic mass is 9.86. The van der Waals surface area contributed by atoms with Crippen LogP contribution in [-0.4, -0.2) is 48.3 Å². The van der Waals surface area contributed by atoms with Gasteiger partial charge in [0.1, 0.15) is 17.3 Å². The fourth-order valence-corrected chi connectivity index (χ4v) is 5.58. The zero-order valence-corrected chi connectivity index (χ0v) is 22.3. The number of rotatable bonds is 9. The molecular formula is C26H24Cl2F4N4O4. The van der Waals surface area contributed by atoms with Crippen LogP contribution in [0.15, 0.2) is 36.8 Å². The topological polar surface area (TPSA) is 109 Å². The molecule has 0 spiro atoms. The Labute approximate surface area is 236 Å². The van der Waals surface area contributed by atoms with Crippen molar-refractivity contribution in [3.63, 3.8) is 0 Å². The quantitative estimate of drug-likeness (QED) is 0.291. The van der Waals surface area contributed by atoms with E-state index in [4.69, 9.17) is 23.2 Å². The van der Waals surface area contributed by atoms with Crippen molar-refractivity contribution in [1.82, 2.24) is 19.7 Å². The molecule has 14 heteroatoms. The largest absolute Gasteiger partial charge is 0.481 e. The van der Waals surface area contributed by atoms with Gasteiger partial charge in [-0.3, -0.25) is 19.3 Å². The predicted molar refractivity (Wildman–Crippen MR) is 136 cm³/mol. The maximum absolute atomic E-state index is 14.4. The number of aromatic nitrogens is 3. The number of alkyl halides is 2. The first-order valence-electron chi connectivity index (χ1n) is 12.3. The number of nitrogens with zero attached hydrogens (tertiary/aromatic N) is 4. The van der Waals surface area contributed by atoms with E-state index in [1.807, 2.05) is 0 Å². The Morgan fingerprint density at radius 3 is 2.17 bits per heavy atom. The van der Waals surface area contributed by atoms with Gasteiger partial charge in [0.05, 0.1) is 46.4 Å². The van der Waals surface area contributed by atoms with Crippen molar-refractivity contribution in [3.8, 4) is 0 Å². The number of carbonyl (C=O) groups excluding carboxylic acids is 1. The highest BCUT2D eigenvalue weighted by Gasteiger charge is 2.34. The van der Waals surface area contributed by atoms with E-state index in [-0.39, 0.29) is 46.9 Å². The van der Waals surface area contributed by atoms with Crippen LogP contribution < -0.4 is 0 Å². The predicted octanol–water partition coefficient (Wildman–Crippen LogP) is 5.99. The third-order valence-corrected chi connectivity index (χ3v) is 7.47. The number of aliphatic hydroxyl groups is 1. The van der Waals surface area contributed by atoms with E-state index in [0.29, 0.717) is 6.07 Å². The Morgan fingerprint density at radius 1 is 1.02 bits per heavy atom. The first-order chi connectivity index (χ1) is 19.0. The van der Waals surface area contributed by atoms with Gasteiger partial charge in [-0.15, -0.1) is 0 Å². The van der Waals surface area contributed by atoms with Gasteiger partial charge < -0.3 is 15.1 Å². The van der Waals surface area contributed by atoms with Gasteiger partial charge in [0, 0.05) is 30.6 Å². The number of hydrogen-bond donors (Lipinski definition) is 2. The smallest absolute Gasteiger partial charge is 0.306 e. The Hall–Kier alpha value is -3.22. The van der Waals surface area contributed by atoms with Crippen LogP contribution in [0.3, 0.4) is 0 Å². The zero-order chi connectivity index (χ0) is 29.1. The standard InChI is InChI=1S/C26H24Cl2F4N4O4/c27-19-9-33-10-20(28)22(19)21(37)12-35(11-13-5-15(29)7-16(30)6-13)25(38)18-8-34-36(23(18)24(31)32)17-3-1-14(2-4-17)26(39)40/h5-10,14,17,21,24,37H,1-4,11-12H2,(H,39,40)/t14-,17-,21?. The Balaban J connectivity index is 1.68. The summed E-state index contributed by atoms with van der Waals surface area (Å²) in [6.07, 6.45) is -0.137. The molecule has 0 aliphatic heterocycles. The first kappa shape index (κ1) is 29.8. The second-order valence-corrected chi connectivity index (χ2v) is 10.3. The number of carboxylic acids is 1. The molecule has 8 nitrogen and oxygen atoms in total. The van der Waals surface area contributed by atoms with Gasteiger partial charge in [-0.2, -0.15) is 5.10 Å². The Morgan fingerprint density at radius 2 is 1.62 bits per heavy atom. The summed E-state index contributed by atoms with van der Waals surface area (Å²) in [6.45, 7) is -0.986. The van der Waals surface area contributed by atoms with Gasteiger partial charge in [-0.25, -0.2) is 17.6 Å². The SMILES string of the molecule is O=C(c1cnn([C@H]2CC[C@H](C(=O)O)CC2)c1C(F)F)N(Cc1cc(F)cc(F)c1)CC(O)c1c(Cl)cncc1Cl. The number of benzene rings is 1. The van der Waals surface area contributed by atoms with Crippen molar-refractivity contribution in [2.75, 3.05) is 6.54 Å². The van der Waals surface area contributed by atoms with Crippen LogP contribution in [-0.2, 0) is 11.3 Å². The molecule has 1 aliphatic rings. The van der Waals surface area contributed by atoms with Crippen molar-refractivity contribution in [2.45, 2.75) is 50.8 Å². The third kappa shape index (κ3) is 6.56. The van der Waals surface area contributed by atoms with Crippen molar-refractivity contribution >= 4 is 35.1 Å². The van der Waals surface area contributed by atoms with E-state index in [9.17, 15) is 37.4 Å². The van der Waals surface area contributed by atoms with E-state index < -0.39 is 72.3 Å². The molecule has 0 bridgehead atoms. The number of halogens is 6. The molecule has 1 amide bonds. The summed E-state index contributed by atoms with van der Waals surface area (Å²) in [7, 11) is 0. The van der Waals surface area contributed by atoms with Crippen LogP contribution >= 0.6 is 23.2 Å². The molecular weight excluding hydrogens is 579 g/mol. The lowest BCUT2D eigenvalue weighted by Crippen LogP contribution is -2.35. The van der Waals surface area contributed by atoms with E-state index in [1.54, 1.807) is 0 Å². The van der Waals surface area contributed by atoms with Crippen molar-refractivity contribution in [2.24, 2.45) is 5.92 Å². The van der Waals surface area contributed by atoms with E-state index in [2.05, 4.69) is 10.1 Å². The molecule has 1 unspecified atom stereocenters.